The average Bonchev–Trinajstić information content (AvgIpc) is 2.72. The van der Waals surface area contributed by atoms with Crippen molar-refractivity contribution in [3.05, 3.63) is 87.4 Å². The van der Waals surface area contributed by atoms with Gasteiger partial charge in [0.1, 0.15) is 0 Å². The number of aromatic nitrogens is 2. The molecule has 1 saturated carbocycles. The van der Waals surface area contributed by atoms with Gasteiger partial charge in [0.05, 0.1) is 5.69 Å². The summed E-state index contributed by atoms with van der Waals surface area (Å²) in [6.45, 7) is 0. The van der Waals surface area contributed by atoms with Crippen molar-refractivity contribution in [3.8, 4) is 11.3 Å². The van der Waals surface area contributed by atoms with Gasteiger partial charge in [0.15, 0.2) is 0 Å². The largest absolute Gasteiger partial charge is 0.328 e. The van der Waals surface area contributed by atoms with Crippen LogP contribution in [0.2, 0.25) is 5.02 Å². The van der Waals surface area contributed by atoms with E-state index in [9.17, 15) is 4.79 Å². The van der Waals surface area contributed by atoms with Crippen LogP contribution in [0.4, 0.5) is 0 Å². The Morgan fingerprint density at radius 3 is 2.07 bits per heavy atom. The van der Waals surface area contributed by atoms with Crippen molar-refractivity contribution < 1.29 is 0 Å². The van der Waals surface area contributed by atoms with Crippen molar-refractivity contribution in [2.24, 2.45) is 11.8 Å². The number of rotatable bonds is 5. The van der Waals surface area contributed by atoms with E-state index in [-0.39, 0.29) is 5.56 Å². The van der Waals surface area contributed by atoms with E-state index in [4.69, 9.17) is 11.6 Å². The lowest BCUT2D eigenvalue weighted by atomic mass is 9.77. The fraction of sp³-hybridized carbons (Fsp3) is 0.333. The van der Waals surface area contributed by atoms with Gasteiger partial charge in [-0.25, -0.2) is 0 Å². The van der Waals surface area contributed by atoms with Crippen LogP contribution in [0.25, 0.3) is 11.3 Å². The molecule has 0 saturated heterocycles. The summed E-state index contributed by atoms with van der Waals surface area (Å²) in [5.41, 5.74) is 4.44. The van der Waals surface area contributed by atoms with Crippen molar-refractivity contribution in [2.75, 3.05) is 0 Å². The number of pyridine rings is 2. The van der Waals surface area contributed by atoms with E-state index in [0.29, 0.717) is 0 Å². The van der Waals surface area contributed by atoms with Crippen molar-refractivity contribution in [2.45, 2.75) is 38.5 Å². The van der Waals surface area contributed by atoms with Gasteiger partial charge in [-0.15, -0.1) is 0 Å². The van der Waals surface area contributed by atoms with Crippen LogP contribution in [0.15, 0.2) is 65.7 Å². The molecule has 1 aromatic carbocycles. The third-order valence-electron chi connectivity index (χ3n) is 5.83. The maximum Gasteiger partial charge on any atom is 0.247 e. The summed E-state index contributed by atoms with van der Waals surface area (Å²) in [7, 11) is 0. The molecule has 0 amide bonds. The fourth-order valence-corrected chi connectivity index (χ4v) is 4.34. The number of hydrogen-bond donors (Lipinski definition) is 1. The monoisotopic (exact) mass is 392 g/mol. The van der Waals surface area contributed by atoms with E-state index >= 15 is 0 Å². The third-order valence-corrected chi connectivity index (χ3v) is 6.09. The molecule has 2 aromatic heterocycles. The van der Waals surface area contributed by atoms with Crippen LogP contribution in [0.1, 0.15) is 36.8 Å². The van der Waals surface area contributed by atoms with Crippen molar-refractivity contribution in [1.82, 2.24) is 9.97 Å². The molecule has 1 fully saturated rings. The molecule has 0 radical (unpaired) electrons. The zero-order chi connectivity index (χ0) is 19.3. The van der Waals surface area contributed by atoms with Gasteiger partial charge in [-0.2, -0.15) is 0 Å². The molecule has 0 aliphatic heterocycles. The van der Waals surface area contributed by atoms with Gasteiger partial charge >= 0.3 is 0 Å². The average molecular weight is 393 g/mol. The number of nitrogens with one attached hydrogen (secondary N) is 1. The Balaban J connectivity index is 1.29. The molecule has 1 aliphatic rings. The molecule has 0 spiro atoms. The molecular formula is C24H25ClN2O. The summed E-state index contributed by atoms with van der Waals surface area (Å²) in [5.74, 6) is 1.54. The minimum absolute atomic E-state index is 0.0907. The highest BCUT2D eigenvalue weighted by molar-refractivity contribution is 6.30. The maximum atomic E-state index is 11.2. The molecule has 2 heterocycles. The number of aromatic amines is 1. The Morgan fingerprint density at radius 1 is 0.857 bits per heavy atom. The molecular weight excluding hydrogens is 368 g/mol. The van der Waals surface area contributed by atoms with E-state index in [0.717, 1.165) is 34.5 Å². The zero-order valence-corrected chi connectivity index (χ0v) is 16.7. The molecule has 3 nitrogen and oxygen atoms in total. The lowest BCUT2D eigenvalue weighted by Crippen LogP contribution is -2.18. The Kier molecular flexibility index (Phi) is 5.92. The normalized spacial score (nSPS) is 19.5. The third kappa shape index (κ3) is 4.90. The second-order valence-electron chi connectivity index (χ2n) is 7.91. The van der Waals surface area contributed by atoms with Gasteiger partial charge in [0, 0.05) is 29.0 Å². The van der Waals surface area contributed by atoms with E-state index in [1.807, 2.05) is 24.4 Å². The van der Waals surface area contributed by atoms with Crippen LogP contribution in [-0.4, -0.2) is 9.97 Å². The van der Waals surface area contributed by atoms with Gasteiger partial charge in [-0.3, -0.25) is 9.78 Å². The van der Waals surface area contributed by atoms with Gasteiger partial charge in [0.2, 0.25) is 5.56 Å². The number of hydrogen-bond acceptors (Lipinski definition) is 2. The summed E-state index contributed by atoms with van der Waals surface area (Å²) >= 11 is 5.98. The summed E-state index contributed by atoms with van der Waals surface area (Å²) in [6, 6.07) is 15.9. The standard InChI is InChI=1S/C24H25ClN2O/c25-22-9-5-19(6-10-22)13-17-1-3-18(4-2-17)14-20-7-11-23(26-15-20)21-8-12-24(28)27-16-21/h5-12,15-18H,1-4,13-14H2,(H,27,28). The first-order chi connectivity index (χ1) is 13.7. The first kappa shape index (κ1) is 18.9. The van der Waals surface area contributed by atoms with Crippen LogP contribution < -0.4 is 5.56 Å². The topological polar surface area (TPSA) is 45.8 Å². The quantitative estimate of drug-likeness (QED) is 0.606. The molecule has 0 bridgehead atoms. The Hall–Kier alpha value is -2.39. The van der Waals surface area contributed by atoms with Gasteiger partial charge in [0.25, 0.3) is 0 Å². The molecule has 28 heavy (non-hydrogen) atoms. The first-order valence-electron chi connectivity index (χ1n) is 10.0. The SMILES string of the molecule is O=c1ccc(-c2ccc(CC3CCC(Cc4ccc(Cl)cc4)CC3)cn2)c[nH]1. The number of H-pyrrole nitrogens is 1. The van der Waals surface area contributed by atoms with Crippen LogP contribution >= 0.6 is 11.6 Å². The number of halogens is 1. The van der Waals surface area contributed by atoms with E-state index in [1.54, 1.807) is 6.20 Å². The molecule has 144 valence electrons. The highest BCUT2D eigenvalue weighted by Crippen LogP contribution is 2.33. The van der Waals surface area contributed by atoms with Gasteiger partial charge in [-0.1, -0.05) is 29.8 Å². The molecule has 3 aromatic rings. The molecule has 4 rings (SSSR count). The smallest absolute Gasteiger partial charge is 0.247 e. The minimum atomic E-state index is -0.0907. The molecule has 0 atom stereocenters. The van der Waals surface area contributed by atoms with Crippen LogP contribution in [-0.2, 0) is 12.8 Å². The van der Waals surface area contributed by atoms with E-state index in [2.05, 4.69) is 34.2 Å². The number of nitrogens with zero attached hydrogens (tertiary/aromatic N) is 1. The van der Waals surface area contributed by atoms with Crippen LogP contribution in [0.3, 0.4) is 0 Å². The first-order valence-corrected chi connectivity index (χ1v) is 10.4. The Labute approximate surface area is 170 Å². The van der Waals surface area contributed by atoms with Crippen molar-refractivity contribution >= 4 is 11.6 Å². The maximum absolute atomic E-state index is 11.2. The predicted molar refractivity (Wildman–Crippen MR) is 115 cm³/mol. The highest BCUT2D eigenvalue weighted by Gasteiger charge is 2.21. The highest BCUT2D eigenvalue weighted by atomic mass is 35.5. The molecule has 1 aliphatic carbocycles. The van der Waals surface area contributed by atoms with Gasteiger partial charge < -0.3 is 4.98 Å². The predicted octanol–water partition coefficient (Wildman–Crippen LogP) is 5.68. The molecule has 0 unspecified atom stereocenters. The van der Waals surface area contributed by atoms with Crippen LogP contribution in [0.5, 0.6) is 0 Å². The van der Waals surface area contributed by atoms with E-state index in [1.165, 1.54) is 49.3 Å². The number of benzene rings is 1. The Bertz CT molecular complexity index is 935. The van der Waals surface area contributed by atoms with Crippen LogP contribution in [0, 0.1) is 11.8 Å². The summed E-state index contributed by atoms with van der Waals surface area (Å²) in [5, 5.41) is 0.813. The molecule has 1 N–H and O–H groups in total. The minimum Gasteiger partial charge on any atom is -0.328 e. The Morgan fingerprint density at radius 2 is 1.50 bits per heavy atom. The van der Waals surface area contributed by atoms with Gasteiger partial charge in [-0.05, 0) is 85.8 Å². The molecule has 4 heteroatoms. The second-order valence-corrected chi connectivity index (χ2v) is 8.35. The lowest BCUT2D eigenvalue weighted by Gasteiger charge is -2.28. The van der Waals surface area contributed by atoms with E-state index < -0.39 is 0 Å². The van der Waals surface area contributed by atoms with Crippen molar-refractivity contribution in [3.63, 3.8) is 0 Å². The summed E-state index contributed by atoms with van der Waals surface area (Å²) in [4.78, 5) is 18.5. The lowest BCUT2D eigenvalue weighted by molar-refractivity contribution is 0.272. The summed E-state index contributed by atoms with van der Waals surface area (Å²) in [6.07, 6.45) is 11.2. The second kappa shape index (κ2) is 8.74. The zero-order valence-electron chi connectivity index (χ0n) is 15.9. The van der Waals surface area contributed by atoms with Crippen molar-refractivity contribution in [1.29, 1.82) is 0 Å². The fourth-order valence-electron chi connectivity index (χ4n) is 4.21. The summed E-state index contributed by atoms with van der Waals surface area (Å²) < 4.78 is 0.